The standard InChI is InChI=1S/C48H30N2O2S/c51-53(52)46-26-14-12-24-40(46)48(38-22-10-7-19-34(38)35-20-8-11-23-39(35)48)41-29-37-36-21-9-13-25-44(36)50(45(37)30-47(41)53)33-27-42(31-15-3-1-4-16-31)49-43(28-33)32-17-5-2-6-18-32/h1-30H. The molecule has 0 unspecified atom stereocenters. The molecule has 0 N–H and O–H groups in total. The summed E-state index contributed by atoms with van der Waals surface area (Å²) in [6.07, 6.45) is 0. The van der Waals surface area contributed by atoms with Gasteiger partial charge >= 0.3 is 0 Å². The molecule has 0 amide bonds. The van der Waals surface area contributed by atoms with Gasteiger partial charge in [0.2, 0.25) is 9.84 Å². The van der Waals surface area contributed by atoms with Gasteiger partial charge in [-0.1, -0.05) is 146 Å². The van der Waals surface area contributed by atoms with Crippen LogP contribution in [-0.2, 0) is 15.3 Å². The number of para-hydroxylation sites is 1. The lowest BCUT2D eigenvalue weighted by molar-refractivity contribution is 0.581. The minimum atomic E-state index is -3.93. The number of nitrogens with zero attached hydrogens (tertiary/aromatic N) is 2. The van der Waals surface area contributed by atoms with Gasteiger partial charge in [0.05, 0.1) is 43.3 Å². The van der Waals surface area contributed by atoms with E-state index in [1.807, 2.05) is 66.7 Å². The van der Waals surface area contributed by atoms with Crippen LogP contribution in [0.4, 0.5) is 0 Å². The van der Waals surface area contributed by atoms with E-state index in [0.29, 0.717) is 9.79 Å². The summed E-state index contributed by atoms with van der Waals surface area (Å²) >= 11 is 0. The van der Waals surface area contributed by atoms with Gasteiger partial charge in [0.1, 0.15) is 0 Å². The van der Waals surface area contributed by atoms with Crippen LogP contribution in [-0.4, -0.2) is 18.0 Å². The second-order valence-corrected chi connectivity index (χ2v) is 15.8. The Labute approximate surface area is 307 Å². The summed E-state index contributed by atoms with van der Waals surface area (Å²) in [6, 6.07) is 61.7. The van der Waals surface area contributed by atoms with Crippen LogP contribution < -0.4 is 0 Å². The maximum absolute atomic E-state index is 15.0. The fraction of sp³-hybridized carbons (Fsp3) is 0.0208. The molecule has 0 bridgehead atoms. The number of pyridine rings is 1. The molecule has 1 spiro atoms. The van der Waals surface area contributed by atoms with E-state index >= 15 is 8.42 Å². The smallest absolute Gasteiger partial charge is 0.207 e. The zero-order chi connectivity index (χ0) is 35.3. The first-order valence-corrected chi connectivity index (χ1v) is 19.3. The van der Waals surface area contributed by atoms with Gasteiger partial charge in [-0.3, -0.25) is 0 Å². The van der Waals surface area contributed by atoms with Crippen LogP contribution in [0.3, 0.4) is 0 Å². The number of fused-ring (bicyclic) bond motifs is 12. The first kappa shape index (κ1) is 30.1. The zero-order valence-electron chi connectivity index (χ0n) is 28.4. The molecule has 1 aliphatic carbocycles. The molecule has 7 aromatic carbocycles. The first-order valence-electron chi connectivity index (χ1n) is 17.8. The number of hydrogen-bond donors (Lipinski definition) is 0. The molecule has 0 fully saturated rings. The van der Waals surface area contributed by atoms with Gasteiger partial charge in [-0.2, -0.15) is 0 Å². The number of aromatic nitrogens is 2. The molecule has 4 nitrogen and oxygen atoms in total. The molecule has 3 heterocycles. The topological polar surface area (TPSA) is 52.0 Å². The van der Waals surface area contributed by atoms with E-state index in [4.69, 9.17) is 4.98 Å². The molecule has 0 saturated heterocycles. The molecule has 11 rings (SSSR count). The molecule has 0 saturated carbocycles. The molecule has 2 aromatic heterocycles. The number of sulfone groups is 1. The van der Waals surface area contributed by atoms with Crippen LogP contribution in [0.25, 0.3) is 61.1 Å². The van der Waals surface area contributed by atoms with Crippen molar-refractivity contribution < 1.29 is 8.42 Å². The molecule has 53 heavy (non-hydrogen) atoms. The summed E-state index contributed by atoms with van der Waals surface area (Å²) < 4.78 is 32.3. The van der Waals surface area contributed by atoms with E-state index in [2.05, 4.69) is 114 Å². The van der Waals surface area contributed by atoms with Crippen molar-refractivity contribution in [3.05, 3.63) is 204 Å². The maximum atomic E-state index is 15.0. The summed E-state index contributed by atoms with van der Waals surface area (Å²) in [6.45, 7) is 0. The van der Waals surface area contributed by atoms with Crippen molar-refractivity contribution in [3.8, 4) is 39.3 Å². The van der Waals surface area contributed by atoms with Crippen molar-refractivity contribution in [2.75, 3.05) is 0 Å². The highest BCUT2D eigenvalue weighted by molar-refractivity contribution is 7.91. The van der Waals surface area contributed by atoms with E-state index in [-0.39, 0.29) is 0 Å². The minimum Gasteiger partial charge on any atom is -0.309 e. The predicted molar refractivity (Wildman–Crippen MR) is 212 cm³/mol. The lowest BCUT2D eigenvalue weighted by Gasteiger charge is -2.39. The number of hydrogen-bond acceptors (Lipinski definition) is 3. The normalized spacial score (nSPS) is 14.5. The fourth-order valence-corrected chi connectivity index (χ4v) is 10.8. The van der Waals surface area contributed by atoms with Crippen LogP contribution in [0, 0.1) is 0 Å². The summed E-state index contributed by atoms with van der Waals surface area (Å²) in [4.78, 5) is 5.83. The molecular formula is C48H30N2O2S. The van der Waals surface area contributed by atoms with E-state index in [1.54, 1.807) is 6.07 Å². The van der Waals surface area contributed by atoms with Crippen molar-refractivity contribution in [2.24, 2.45) is 0 Å². The Hall–Kier alpha value is -6.56. The van der Waals surface area contributed by atoms with Gasteiger partial charge in [0.15, 0.2) is 0 Å². The Bertz CT molecular complexity index is 2970. The van der Waals surface area contributed by atoms with E-state index in [9.17, 15) is 0 Å². The third-order valence-electron chi connectivity index (χ3n) is 11.2. The van der Waals surface area contributed by atoms with Gasteiger partial charge in [0, 0.05) is 21.9 Å². The SMILES string of the molecule is O=S1(=O)c2ccccc2C2(c3ccccc3-c3ccccc32)c2cc3c4ccccc4n(-c4cc(-c5ccccc5)nc(-c5ccccc5)c4)c3cc21. The van der Waals surface area contributed by atoms with Crippen LogP contribution in [0.5, 0.6) is 0 Å². The van der Waals surface area contributed by atoms with Crippen LogP contribution in [0.15, 0.2) is 192 Å². The van der Waals surface area contributed by atoms with Crippen molar-refractivity contribution in [1.82, 2.24) is 9.55 Å². The quantitative estimate of drug-likeness (QED) is 0.185. The second-order valence-electron chi connectivity index (χ2n) is 13.9. The number of benzene rings is 7. The van der Waals surface area contributed by atoms with Gasteiger partial charge in [-0.05, 0) is 69.8 Å². The average molecular weight is 699 g/mol. The molecule has 5 heteroatoms. The molecule has 9 aromatic rings. The highest BCUT2D eigenvalue weighted by atomic mass is 32.2. The summed E-state index contributed by atoms with van der Waals surface area (Å²) in [5.74, 6) is 0. The number of rotatable bonds is 3. The molecule has 2 aliphatic rings. The Kier molecular flexibility index (Phi) is 6.23. The monoisotopic (exact) mass is 698 g/mol. The van der Waals surface area contributed by atoms with Crippen molar-refractivity contribution >= 4 is 31.6 Å². The van der Waals surface area contributed by atoms with Crippen molar-refractivity contribution in [2.45, 2.75) is 15.2 Å². The molecular weight excluding hydrogens is 669 g/mol. The largest absolute Gasteiger partial charge is 0.309 e. The van der Waals surface area contributed by atoms with Gasteiger partial charge < -0.3 is 4.57 Å². The molecule has 0 radical (unpaired) electrons. The average Bonchev–Trinajstić information content (AvgIpc) is 3.71. The Balaban J connectivity index is 1.28. The molecule has 0 atom stereocenters. The van der Waals surface area contributed by atoms with Gasteiger partial charge in [0.25, 0.3) is 0 Å². The highest BCUT2D eigenvalue weighted by Gasteiger charge is 2.53. The van der Waals surface area contributed by atoms with E-state index in [1.165, 1.54) is 0 Å². The van der Waals surface area contributed by atoms with Crippen molar-refractivity contribution in [3.63, 3.8) is 0 Å². The zero-order valence-corrected chi connectivity index (χ0v) is 29.3. The lowest BCUT2D eigenvalue weighted by atomic mass is 9.67. The van der Waals surface area contributed by atoms with Crippen LogP contribution in [0.2, 0.25) is 0 Å². The third-order valence-corrected chi connectivity index (χ3v) is 13.1. The van der Waals surface area contributed by atoms with Gasteiger partial charge in [-0.25, -0.2) is 13.4 Å². The predicted octanol–water partition coefficient (Wildman–Crippen LogP) is 11.0. The van der Waals surface area contributed by atoms with Gasteiger partial charge in [-0.15, -0.1) is 0 Å². The Morgan fingerprint density at radius 3 is 1.60 bits per heavy atom. The summed E-state index contributed by atoms with van der Waals surface area (Å²) in [5.41, 5.74) is 11.6. The third kappa shape index (κ3) is 4.05. The van der Waals surface area contributed by atoms with E-state index < -0.39 is 15.3 Å². The Morgan fingerprint density at radius 2 is 0.962 bits per heavy atom. The summed E-state index contributed by atoms with van der Waals surface area (Å²) in [7, 11) is -3.93. The second kappa shape index (κ2) is 11.0. The van der Waals surface area contributed by atoms with Crippen LogP contribution >= 0.6 is 0 Å². The van der Waals surface area contributed by atoms with Crippen LogP contribution in [0.1, 0.15) is 22.3 Å². The fourth-order valence-electron chi connectivity index (χ4n) is 9.04. The van der Waals surface area contributed by atoms with Crippen molar-refractivity contribution in [1.29, 1.82) is 0 Å². The minimum absolute atomic E-state index is 0.333. The molecule has 250 valence electrons. The first-order chi connectivity index (χ1) is 26.0. The summed E-state index contributed by atoms with van der Waals surface area (Å²) in [5, 5.41) is 2.05. The maximum Gasteiger partial charge on any atom is 0.207 e. The lowest BCUT2D eigenvalue weighted by Crippen LogP contribution is -2.36. The van der Waals surface area contributed by atoms with E-state index in [0.717, 1.165) is 83.4 Å². The molecule has 1 aliphatic heterocycles. The Morgan fingerprint density at radius 1 is 0.434 bits per heavy atom. The highest BCUT2D eigenvalue weighted by Crippen LogP contribution is 2.61.